The van der Waals surface area contributed by atoms with Crippen LogP contribution in [0.25, 0.3) is 0 Å². The van der Waals surface area contributed by atoms with Crippen LogP contribution in [0.15, 0.2) is 42.5 Å². The van der Waals surface area contributed by atoms with Crippen molar-refractivity contribution in [3.8, 4) is 0 Å². The van der Waals surface area contributed by atoms with Crippen molar-refractivity contribution in [1.29, 1.82) is 0 Å². The van der Waals surface area contributed by atoms with E-state index in [1.54, 1.807) is 0 Å². The second-order valence-corrected chi connectivity index (χ2v) is 4.66. The Kier molecular flexibility index (Phi) is 3.47. The molecule has 0 bridgehead atoms. The van der Waals surface area contributed by atoms with E-state index in [1.807, 2.05) is 56.3 Å². The maximum Gasteiger partial charge on any atom is 0.167 e. The molecule has 2 N–H and O–H groups in total. The molecule has 0 heterocycles. The summed E-state index contributed by atoms with van der Waals surface area (Å²) >= 11 is 0. The molecule has 0 saturated carbocycles. The van der Waals surface area contributed by atoms with Crippen LogP contribution in [0.3, 0.4) is 0 Å². The Balaban J connectivity index is 2.22. The molecule has 0 fully saturated rings. The van der Waals surface area contributed by atoms with Crippen LogP contribution in [-0.2, 0) is 6.42 Å². The Hall–Kier alpha value is -2.09. The Morgan fingerprint density at radius 2 is 1.89 bits per heavy atom. The topological polar surface area (TPSA) is 43.1 Å². The zero-order valence-electron chi connectivity index (χ0n) is 10.7. The largest absolute Gasteiger partial charge is 0.399 e. The zero-order chi connectivity index (χ0) is 13.1. The van der Waals surface area contributed by atoms with Gasteiger partial charge in [-0.25, -0.2) is 0 Å². The second-order valence-electron chi connectivity index (χ2n) is 4.66. The third-order valence-corrected chi connectivity index (χ3v) is 3.00. The second kappa shape index (κ2) is 5.05. The van der Waals surface area contributed by atoms with E-state index in [0.717, 1.165) is 16.7 Å². The molecule has 0 atom stereocenters. The van der Waals surface area contributed by atoms with Gasteiger partial charge in [-0.05, 0) is 37.1 Å². The smallest absolute Gasteiger partial charge is 0.167 e. The van der Waals surface area contributed by atoms with Gasteiger partial charge < -0.3 is 5.73 Å². The fourth-order valence-electron chi connectivity index (χ4n) is 2.11. The van der Waals surface area contributed by atoms with Crippen LogP contribution in [0.5, 0.6) is 0 Å². The Morgan fingerprint density at radius 1 is 1.11 bits per heavy atom. The number of ketones is 1. The molecule has 2 aromatic rings. The van der Waals surface area contributed by atoms with Crippen LogP contribution in [0, 0.1) is 13.8 Å². The number of rotatable bonds is 3. The zero-order valence-corrected chi connectivity index (χ0v) is 10.7. The number of hydrogen-bond donors (Lipinski definition) is 1. The van der Waals surface area contributed by atoms with E-state index in [1.165, 1.54) is 5.56 Å². The highest BCUT2D eigenvalue weighted by Gasteiger charge is 2.10. The van der Waals surface area contributed by atoms with E-state index in [0.29, 0.717) is 12.1 Å². The SMILES string of the molecule is Cc1ccc(C(=O)Cc2cccc(N)c2)c(C)c1. The molecule has 0 spiro atoms. The van der Waals surface area contributed by atoms with E-state index in [-0.39, 0.29) is 5.78 Å². The summed E-state index contributed by atoms with van der Waals surface area (Å²) in [6.45, 7) is 4.00. The summed E-state index contributed by atoms with van der Waals surface area (Å²) in [6, 6.07) is 13.4. The highest BCUT2D eigenvalue weighted by molar-refractivity contribution is 5.98. The van der Waals surface area contributed by atoms with Crippen molar-refractivity contribution in [1.82, 2.24) is 0 Å². The fraction of sp³-hybridized carbons (Fsp3) is 0.188. The Labute approximate surface area is 107 Å². The van der Waals surface area contributed by atoms with E-state index < -0.39 is 0 Å². The van der Waals surface area contributed by atoms with Crippen molar-refractivity contribution in [2.24, 2.45) is 0 Å². The van der Waals surface area contributed by atoms with E-state index in [4.69, 9.17) is 5.73 Å². The summed E-state index contributed by atoms with van der Waals surface area (Å²) in [5.74, 6) is 0.137. The van der Waals surface area contributed by atoms with Crippen LogP contribution in [0.4, 0.5) is 5.69 Å². The molecule has 0 aliphatic carbocycles. The molecule has 0 amide bonds. The van der Waals surface area contributed by atoms with Crippen molar-refractivity contribution < 1.29 is 4.79 Å². The minimum atomic E-state index is 0.137. The van der Waals surface area contributed by atoms with Gasteiger partial charge in [-0.15, -0.1) is 0 Å². The number of benzene rings is 2. The number of Topliss-reactive ketones (excluding diaryl/α,β-unsaturated/α-hetero) is 1. The molecule has 2 nitrogen and oxygen atoms in total. The molecule has 0 unspecified atom stereocenters. The number of hydrogen-bond acceptors (Lipinski definition) is 2. The third-order valence-electron chi connectivity index (χ3n) is 3.00. The molecule has 92 valence electrons. The van der Waals surface area contributed by atoms with Gasteiger partial charge in [-0.1, -0.05) is 35.9 Å². The maximum atomic E-state index is 12.2. The first kappa shape index (κ1) is 12.4. The van der Waals surface area contributed by atoms with E-state index >= 15 is 0 Å². The van der Waals surface area contributed by atoms with Crippen molar-refractivity contribution in [3.63, 3.8) is 0 Å². The molecular formula is C16H17NO. The Bertz CT molecular complexity index is 587. The van der Waals surface area contributed by atoms with Crippen molar-refractivity contribution >= 4 is 11.5 Å². The highest BCUT2D eigenvalue weighted by atomic mass is 16.1. The average molecular weight is 239 g/mol. The predicted octanol–water partition coefficient (Wildman–Crippen LogP) is 3.31. The lowest BCUT2D eigenvalue weighted by atomic mass is 9.98. The third kappa shape index (κ3) is 2.77. The first-order valence-corrected chi connectivity index (χ1v) is 6.01. The monoisotopic (exact) mass is 239 g/mol. The molecule has 0 aromatic heterocycles. The molecule has 2 aromatic carbocycles. The maximum absolute atomic E-state index is 12.2. The molecule has 0 saturated heterocycles. The van der Waals surface area contributed by atoms with Gasteiger partial charge in [0, 0.05) is 17.7 Å². The van der Waals surface area contributed by atoms with Gasteiger partial charge in [0.2, 0.25) is 0 Å². The molecule has 18 heavy (non-hydrogen) atoms. The lowest BCUT2D eigenvalue weighted by molar-refractivity contribution is 0.0992. The number of aryl methyl sites for hydroxylation is 2. The van der Waals surface area contributed by atoms with Crippen LogP contribution in [-0.4, -0.2) is 5.78 Å². The standard InChI is InChI=1S/C16H17NO/c1-11-6-7-15(12(2)8-11)16(18)10-13-4-3-5-14(17)9-13/h3-9H,10,17H2,1-2H3. The summed E-state index contributed by atoms with van der Waals surface area (Å²) in [7, 11) is 0. The van der Waals surface area contributed by atoms with Crippen molar-refractivity contribution in [2.75, 3.05) is 5.73 Å². The summed E-state index contributed by atoms with van der Waals surface area (Å²) < 4.78 is 0. The Morgan fingerprint density at radius 3 is 2.56 bits per heavy atom. The lowest BCUT2D eigenvalue weighted by Gasteiger charge is -2.06. The van der Waals surface area contributed by atoms with Crippen LogP contribution >= 0.6 is 0 Å². The number of nitrogens with two attached hydrogens (primary N) is 1. The summed E-state index contributed by atoms with van der Waals surface area (Å²) in [5, 5.41) is 0. The van der Waals surface area contributed by atoms with Gasteiger partial charge in [0.1, 0.15) is 0 Å². The van der Waals surface area contributed by atoms with Gasteiger partial charge in [-0.2, -0.15) is 0 Å². The number of anilines is 1. The first-order chi connectivity index (χ1) is 8.56. The quantitative estimate of drug-likeness (QED) is 0.659. The van der Waals surface area contributed by atoms with E-state index in [2.05, 4.69) is 0 Å². The molecule has 2 rings (SSSR count). The van der Waals surface area contributed by atoms with Crippen LogP contribution < -0.4 is 5.73 Å². The minimum absolute atomic E-state index is 0.137. The molecule has 0 aliphatic heterocycles. The fourth-order valence-corrected chi connectivity index (χ4v) is 2.11. The van der Waals surface area contributed by atoms with Gasteiger partial charge >= 0.3 is 0 Å². The molecular weight excluding hydrogens is 222 g/mol. The van der Waals surface area contributed by atoms with Gasteiger partial charge in [0.05, 0.1) is 0 Å². The van der Waals surface area contributed by atoms with Gasteiger partial charge in [-0.3, -0.25) is 4.79 Å². The predicted molar refractivity (Wildman–Crippen MR) is 74.8 cm³/mol. The average Bonchev–Trinajstić information content (AvgIpc) is 2.28. The first-order valence-electron chi connectivity index (χ1n) is 6.01. The summed E-state index contributed by atoms with van der Waals surface area (Å²) in [4.78, 5) is 12.2. The van der Waals surface area contributed by atoms with Gasteiger partial charge in [0.25, 0.3) is 0 Å². The molecule has 0 aliphatic rings. The molecule has 2 heteroatoms. The molecule has 0 radical (unpaired) electrons. The van der Waals surface area contributed by atoms with Crippen LogP contribution in [0.2, 0.25) is 0 Å². The number of carbonyl (C=O) groups is 1. The van der Waals surface area contributed by atoms with Crippen molar-refractivity contribution in [3.05, 3.63) is 64.7 Å². The van der Waals surface area contributed by atoms with E-state index in [9.17, 15) is 4.79 Å². The minimum Gasteiger partial charge on any atom is -0.399 e. The lowest BCUT2D eigenvalue weighted by Crippen LogP contribution is -2.06. The van der Waals surface area contributed by atoms with Gasteiger partial charge in [0.15, 0.2) is 5.78 Å². The number of nitrogen functional groups attached to an aromatic ring is 1. The summed E-state index contributed by atoms with van der Waals surface area (Å²) in [6.07, 6.45) is 0.398. The highest BCUT2D eigenvalue weighted by Crippen LogP contribution is 2.15. The normalized spacial score (nSPS) is 10.3. The summed E-state index contributed by atoms with van der Waals surface area (Å²) in [5.41, 5.74) is 10.4. The van der Waals surface area contributed by atoms with Crippen molar-refractivity contribution in [2.45, 2.75) is 20.3 Å². The van der Waals surface area contributed by atoms with Crippen LogP contribution in [0.1, 0.15) is 27.0 Å². The number of carbonyl (C=O) groups excluding carboxylic acids is 1.